The lowest BCUT2D eigenvalue weighted by molar-refractivity contribution is 0.0672. The van der Waals surface area contributed by atoms with Crippen LogP contribution in [0.4, 0.5) is 0 Å². The first-order valence-electron chi connectivity index (χ1n) is 9.74. The van der Waals surface area contributed by atoms with Gasteiger partial charge < -0.3 is 9.64 Å². The molecule has 0 atom stereocenters. The predicted molar refractivity (Wildman–Crippen MR) is 106 cm³/mol. The number of ether oxygens (including phenoxy) is 1. The summed E-state index contributed by atoms with van der Waals surface area (Å²) in [6.45, 7) is 6.73. The van der Waals surface area contributed by atoms with Crippen LogP contribution in [0.25, 0.3) is 0 Å². The Hall–Kier alpha value is -1.44. The molecule has 0 spiro atoms. The molecule has 1 saturated heterocycles. The molecular formula is C20H32N2O4S. The number of methoxy groups -OCH3 is 1. The zero-order valence-electron chi connectivity index (χ0n) is 16.7. The van der Waals surface area contributed by atoms with Crippen molar-refractivity contribution >= 4 is 15.9 Å². The van der Waals surface area contributed by atoms with Gasteiger partial charge in [-0.1, -0.05) is 32.8 Å². The lowest BCUT2D eigenvalue weighted by Gasteiger charge is -2.25. The van der Waals surface area contributed by atoms with Crippen molar-refractivity contribution in [1.82, 2.24) is 9.21 Å². The molecule has 1 aliphatic heterocycles. The number of sulfonamides is 1. The fourth-order valence-electron chi connectivity index (χ4n) is 3.32. The number of rotatable bonds is 8. The lowest BCUT2D eigenvalue weighted by atomic mass is 10.1. The number of hydrogen-bond acceptors (Lipinski definition) is 4. The first-order valence-corrected chi connectivity index (χ1v) is 11.2. The smallest absolute Gasteiger partial charge is 0.253 e. The van der Waals surface area contributed by atoms with Gasteiger partial charge in [-0.15, -0.1) is 0 Å². The van der Waals surface area contributed by atoms with Gasteiger partial charge >= 0.3 is 0 Å². The van der Waals surface area contributed by atoms with Crippen molar-refractivity contribution < 1.29 is 17.9 Å². The summed E-state index contributed by atoms with van der Waals surface area (Å²) in [7, 11) is -1.97. The monoisotopic (exact) mass is 396 g/mol. The molecule has 0 radical (unpaired) electrons. The van der Waals surface area contributed by atoms with E-state index in [0.717, 1.165) is 25.7 Å². The standard InChI is InChI=1S/C20H32N2O4S/c1-17(2)16-21(13-14-26-3)20(23)18-9-8-10-19(15-18)27(24,25)22-11-6-4-5-7-12-22/h8-10,15,17H,4-7,11-14,16H2,1-3H3. The van der Waals surface area contributed by atoms with E-state index in [4.69, 9.17) is 4.74 Å². The van der Waals surface area contributed by atoms with Gasteiger partial charge in [0.2, 0.25) is 10.0 Å². The Morgan fingerprint density at radius 3 is 2.44 bits per heavy atom. The first kappa shape index (κ1) is 21.9. The van der Waals surface area contributed by atoms with E-state index in [2.05, 4.69) is 0 Å². The molecule has 1 aromatic rings. The molecule has 0 aliphatic carbocycles. The minimum atomic E-state index is -3.57. The summed E-state index contributed by atoms with van der Waals surface area (Å²) >= 11 is 0. The third-order valence-corrected chi connectivity index (χ3v) is 6.62. The van der Waals surface area contributed by atoms with E-state index in [-0.39, 0.29) is 10.8 Å². The normalized spacial score (nSPS) is 16.3. The number of nitrogens with zero attached hydrogens (tertiary/aromatic N) is 2. The van der Waals surface area contributed by atoms with Crippen molar-refractivity contribution in [1.29, 1.82) is 0 Å². The highest BCUT2D eigenvalue weighted by Gasteiger charge is 2.26. The largest absolute Gasteiger partial charge is 0.383 e. The Morgan fingerprint density at radius 1 is 1.19 bits per heavy atom. The molecule has 27 heavy (non-hydrogen) atoms. The van der Waals surface area contributed by atoms with Crippen LogP contribution in [0.3, 0.4) is 0 Å². The second-order valence-electron chi connectivity index (χ2n) is 7.48. The van der Waals surface area contributed by atoms with Crippen molar-refractivity contribution in [2.75, 3.05) is 39.9 Å². The van der Waals surface area contributed by atoms with E-state index in [9.17, 15) is 13.2 Å². The van der Waals surface area contributed by atoms with Crippen molar-refractivity contribution in [2.24, 2.45) is 5.92 Å². The molecule has 1 aromatic carbocycles. The Bertz CT molecular complexity index is 710. The fourth-order valence-corrected chi connectivity index (χ4v) is 4.88. The maximum absolute atomic E-state index is 13.0. The molecule has 1 amide bonds. The summed E-state index contributed by atoms with van der Waals surface area (Å²) < 4.78 is 32.7. The van der Waals surface area contributed by atoms with Crippen LogP contribution < -0.4 is 0 Å². The Kier molecular flexibility index (Phi) is 8.26. The third kappa shape index (κ3) is 6.02. The van der Waals surface area contributed by atoms with Gasteiger partial charge in [-0.2, -0.15) is 4.31 Å². The second kappa shape index (κ2) is 10.2. The second-order valence-corrected chi connectivity index (χ2v) is 9.42. The highest BCUT2D eigenvalue weighted by atomic mass is 32.2. The Balaban J connectivity index is 2.25. The topological polar surface area (TPSA) is 66.9 Å². The molecule has 7 heteroatoms. The van der Waals surface area contributed by atoms with Crippen LogP contribution in [0.1, 0.15) is 49.9 Å². The quantitative estimate of drug-likeness (QED) is 0.677. The molecule has 0 aromatic heterocycles. The minimum absolute atomic E-state index is 0.159. The molecule has 0 unspecified atom stereocenters. The molecule has 0 saturated carbocycles. The number of carbonyl (C=O) groups excluding carboxylic acids is 1. The lowest BCUT2D eigenvalue weighted by Crippen LogP contribution is -2.37. The van der Waals surface area contributed by atoms with Gasteiger partial charge in [-0.3, -0.25) is 4.79 Å². The highest BCUT2D eigenvalue weighted by Crippen LogP contribution is 2.22. The van der Waals surface area contributed by atoms with Crippen molar-refractivity contribution in [3.63, 3.8) is 0 Å². The summed E-state index contributed by atoms with van der Waals surface area (Å²) in [6.07, 6.45) is 3.90. The van der Waals surface area contributed by atoms with Gasteiger partial charge in [0, 0.05) is 38.9 Å². The van der Waals surface area contributed by atoms with Crippen molar-refractivity contribution in [3.05, 3.63) is 29.8 Å². The summed E-state index contributed by atoms with van der Waals surface area (Å²) in [4.78, 5) is 14.9. The fraction of sp³-hybridized carbons (Fsp3) is 0.650. The van der Waals surface area contributed by atoms with Crippen LogP contribution in [0.5, 0.6) is 0 Å². The average molecular weight is 397 g/mol. The summed E-state index contributed by atoms with van der Waals surface area (Å²) in [6, 6.07) is 6.44. The van der Waals surface area contributed by atoms with E-state index in [1.807, 2.05) is 13.8 Å². The Morgan fingerprint density at radius 2 is 1.85 bits per heavy atom. The number of hydrogen-bond donors (Lipinski definition) is 0. The maximum atomic E-state index is 13.0. The molecule has 2 rings (SSSR count). The highest BCUT2D eigenvalue weighted by molar-refractivity contribution is 7.89. The van der Waals surface area contributed by atoms with Crippen LogP contribution in [-0.2, 0) is 14.8 Å². The number of amides is 1. The van der Waals surface area contributed by atoms with Crippen LogP contribution in [-0.4, -0.2) is 63.4 Å². The van der Waals surface area contributed by atoms with Crippen molar-refractivity contribution in [2.45, 2.75) is 44.4 Å². The zero-order valence-corrected chi connectivity index (χ0v) is 17.5. The first-order chi connectivity index (χ1) is 12.9. The van der Waals surface area contributed by atoms with Crippen LogP contribution in [0.15, 0.2) is 29.2 Å². The van der Waals surface area contributed by atoms with Crippen molar-refractivity contribution in [3.8, 4) is 0 Å². The van der Waals surface area contributed by atoms with Crippen LogP contribution >= 0.6 is 0 Å². The molecule has 0 N–H and O–H groups in total. The summed E-state index contributed by atoms with van der Waals surface area (Å²) in [5, 5.41) is 0. The molecule has 152 valence electrons. The minimum Gasteiger partial charge on any atom is -0.383 e. The van der Waals surface area contributed by atoms with E-state index in [1.165, 1.54) is 6.07 Å². The molecule has 0 bridgehead atoms. The number of carbonyl (C=O) groups is 1. The van der Waals surface area contributed by atoms with E-state index < -0.39 is 10.0 Å². The molecular weight excluding hydrogens is 364 g/mol. The SMILES string of the molecule is COCCN(CC(C)C)C(=O)c1cccc(S(=O)(=O)N2CCCCCC2)c1. The predicted octanol–water partition coefficient (Wildman–Crippen LogP) is 3.00. The Labute approximate surface area is 163 Å². The van der Waals surface area contributed by atoms with Gasteiger partial charge in [-0.25, -0.2) is 8.42 Å². The maximum Gasteiger partial charge on any atom is 0.253 e. The van der Waals surface area contributed by atoms with Crippen LogP contribution in [0.2, 0.25) is 0 Å². The van der Waals surface area contributed by atoms with E-state index in [0.29, 0.717) is 44.3 Å². The van der Waals surface area contributed by atoms with Gasteiger partial charge in [-0.05, 0) is 37.0 Å². The van der Waals surface area contributed by atoms with Gasteiger partial charge in [0.05, 0.1) is 11.5 Å². The molecule has 6 nitrogen and oxygen atoms in total. The van der Waals surface area contributed by atoms with E-state index in [1.54, 1.807) is 34.5 Å². The van der Waals surface area contributed by atoms with Gasteiger partial charge in [0.1, 0.15) is 0 Å². The summed E-state index contributed by atoms with van der Waals surface area (Å²) in [5.41, 5.74) is 0.405. The van der Waals surface area contributed by atoms with Crippen LogP contribution in [0, 0.1) is 5.92 Å². The van der Waals surface area contributed by atoms with Gasteiger partial charge in [0.15, 0.2) is 0 Å². The average Bonchev–Trinajstić information content (AvgIpc) is 2.94. The third-order valence-electron chi connectivity index (χ3n) is 4.72. The van der Waals surface area contributed by atoms with Gasteiger partial charge in [0.25, 0.3) is 5.91 Å². The summed E-state index contributed by atoms with van der Waals surface area (Å²) in [5.74, 6) is 0.156. The molecule has 1 fully saturated rings. The van der Waals surface area contributed by atoms with E-state index >= 15 is 0 Å². The number of benzene rings is 1. The molecule has 1 aliphatic rings. The molecule has 1 heterocycles. The zero-order chi connectivity index (χ0) is 19.9.